The third kappa shape index (κ3) is 7.63. The van der Waals surface area contributed by atoms with E-state index in [-0.39, 0.29) is 0 Å². The van der Waals surface area contributed by atoms with Crippen LogP contribution in [0.5, 0.6) is 0 Å². The van der Waals surface area contributed by atoms with Crippen LogP contribution in [0.1, 0.15) is 5.56 Å². The first-order valence-corrected chi connectivity index (χ1v) is 24.9. The van der Waals surface area contributed by atoms with Gasteiger partial charge in [0.25, 0.3) is 0 Å². The van der Waals surface area contributed by atoms with Crippen molar-refractivity contribution in [2.24, 2.45) is 0 Å². The fourth-order valence-electron chi connectivity index (χ4n) is 10.4. The summed E-state index contributed by atoms with van der Waals surface area (Å²) in [4.78, 5) is 35.0. The first-order valence-electron chi connectivity index (χ1n) is 24.9. The van der Waals surface area contributed by atoms with Crippen LogP contribution in [0.4, 0.5) is 0 Å². The largest absolute Gasteiger partial charge is 0.309 e. The maximum absolute atomic E-state index is 10.5. The number of hydrogen-bond acceptors (Lipinski definition) is 8. The highest BCUT2D eigenvalue weighted by Gasteiger charge is 2.23. The normalized spacial score (nSPS) is 11.4. The number of hydrogen-bond donors (Lipinski definition) is 0. The van der Waals surface area contributed by atoms with Crippen molar-refractivity contribution < 1.29 is 0 Å². The van der Waals surface area contributed by atoms with Crippen molar-refractivity contribution in [3.8, 4) is 96.9 Å². The minimum Gasteiger partial charge on any atom is -0.309 e. The van der Waals surface area contributed by atoms with Gasteiger partial charge in [0.15, 0.2) is 34.9 Å². The lowest BCUT2D eigenvalue weighted by Crippen LogP contribution is -2.03. The van der Waals surface area contributed by atoms with Gasteiger partial charge in [-0.3, -0.25) is 4.98 Å². The van der Waals surface area contributed by atoms with Crippen molar-refractivity contribution in [1.29, 1.82) is 5.26 Å². The molecule has 0 saturated carbocycles. The topological polar surface area (TPSA) is 124 Å². The zero-order valence-electron chi connectivity index (χ0n) is 40.6. The van der Waals surface area contributed by atoms with E-state index >= 15 is 0 Å². The maximum Gasteiger partial charge on any atom is 0.164 e. The highest BCUT2D eigenvalue weighted by molar-refractivity contribution is 6.12. The molecule has 10 nitrogen and oxygen atoms in total. The van der Waals surface area contributed by atoms with E-state index in [0.717, 1.165) is 99.5 Å². The first-order chi connectivity index (χ1) is 37.6. The van der Waals surface area contributed by atoms with Crippen LogP contribution in [-0.2, 0) is 0 Å². The minimum absolute atomic E-state index is 0.535. The Bertz CT molecular complexity index is 4470. The second-order valence-corrected chi connectivity index (χ2v) is 18.5. The number of aromatic nitrogens is 9. The van der Waals surface area contributed by atoms with Gasteiger partial charge in [0, 0.05) is 78.4 Å². The minimum atomic E-state index is 0.535. The Labute approximate surface area is 436 Å². The summed E-state index contributed by atoms with van der Waals surface area (Å²) >= 11 is 0. The number of fused-ring (bicyclic) bond motifs is 6. The predicted octanol–water partition coefficient (Wildman–Crippen LogP) is 15.2. The highest BCUT2D eigenvalue weighted by Crippen LogP contribution is 2.42. The molecule has 0 saturated heterocycles. The van der Waals surface area contributed by atoms with Crippen molar-refractivity contribution in [3.05, 3.63) is 248 Å². The molecule has 0 N–H and O–H groups in total. The lowest BCUT2D eigenvalue weighted by atomic mass is 10.0. The third-order valence-corrected chi connectivity index (χ3v) is 14.0. The summed E-state index contributed by atoms with van der Waals surface area (Å²) in [6, 6.07) is 80.2. The smallest absolute Gasteiger partial charge is 0.164 e. The number of nitrogens with zero attached hydrogens (tertiary/aromatic N) is 10. The fraction of sp³-hybridized carbons (Fsp3) is 0. The number of rotatable bonds is 9. The van der Waals surface area contributed by atoms with Crippen molar-refractivity contribution in [2.45, 2.75) is 0 Å². The third-order valence-electron chi connectivity index (χ3n) is 14.0. The molecule has 0 radical (unpaired) electrons. The van der Waals surface area contributed by atoms with E-state index in [1.165, 1.54) is 0 Å². The van der Waals surface area contributed by atoms with Gasteiger partial charge < -0.3 is 9.13 Å². The molecule has 0 fully saturated rings. The number of para-hydroxylation sites is 2. The van der Waals surface area contributed by atoms with Crippen LogP contribution in [0.15, 0.2) is 243 Å². The summed E-state index contributed by atoms with van der Waals surface area (Å²) in [6.07, 6.45) is 3.77. The van der Waals surface area contributed by atoms with Crippen molar-refractivity contribution in [1.82, 2.24) is 44.0 Å². The van der Waals surface area contributed by atoms with Gasteiger partial charge in [-0.1, -0.05) is 164 Å². The molecule has 0 unspecified atom stereocenters. The van der Waals surface area contributed by atoms with Gasteiger partial charge in [-0.2, -0.15) is 5.26 Å². The standard InChI is InChI=1S/C66H40N10/c67-40-42-29-32-51(60(37-42)76-56-28-16-14-26-50(56)53-39-48(31-34-58(53)76)66-73-63(45-21-9-3-10-22-45)70-64(74-66)46-23-11-4-12-24-46)54-41-68-36-35-59(54)75-55-27-15-13-25-49(55)52-38-47(30-33-57(52)75)65-71-61(43-17-5-1-6-18-43)69-62(72-65)44-19-7-2-8-20-44/h1-39,41H. The second-order valence-electron chi connectivity index (χ2n) is 18.5. The van der Waals surface area contributed by atoms with E-state index in [1.807, 2.05) is 152 Å². The van der Waals surface area contributed by atoms with E-state index < -0.39 is 0 Å². The molecule has 354 valence electrons. The van der Waals surface area contributed by atoms with Gasteiger partial charge in [-0.15, -0.1) is 0 Å². The van der Waals surface area contributed by atoms with E-state index in [0.29, 0.717) is 40.5 Å². The number of benzene rings is 9. The molecule has 14 rings (SSSR count). The van der Waals surface area contributed by atoms with Gasteiger partial charge in [-0.25, -0.2) is 29.9 Å². The number of pyridine rings is 1. The summed E-state index contributed by atoms with van der Waals surface area (Å²) in [5.74, 6) is 3.55. The lowest BCUT2D eigenvalue weighted by Gasteiger charge is -2.18. The van der Waals surface area contributed by atoms with E-state index in [2.05, 4.69) is 106 Å². The van der Waals surface area contributed by atoms with Crippen LogP contribution in [0.25, 0.3) is 134 Å². The molecule has 0 spiro atoms. The molecule has 0 aliphatic heterocycles. The summed E-state index contributed by atoms with van der Waals surface area (Å²) in [7, 11) is 0. The first kappa shape index (κ1) is 44.0. The Morgan fingerprint density at radius 3 is 1.12 bits per heavy atom. The zero-order valence-corrected chi connectivity index (χ0v) is 40.6. The monoisotopic (exact) mass is 972 g/mol. The van der Waals surface area contributed by atoms with Crippen LogP contribution in [0, 0.1) is 11.3 Å². The number of nitriles is 1. The van der Waals surface area contributed by atoms with Crippen LogP contribution in [0.2, 0.25) is 0 Å². The average molecular weight is 973 g/mol. The highest BCUT2D eigenvalue weighted by atomic mass is 15.1. The molecule has 10 heteroatoms. The Hall–Kier alpha value is -10.8. The molecule has 5 heterocycles. The Kier molecular flexibility index (Phi) is 10.6. The second kappa shape index (κ2) is 18.4. The molecule has 0 amide bonds. The van der Waals surface area contributed by atoms with Crippen LogP contribution in [0.3, 0.4) is 0 Å². The van der Waals surface area contributed by atoms with E-state index in [4.69, 9.17) is 34.9 Å². The quantitative estimate of drug-likeness (QED) is 0.140. The summed E-state index contributed by atoms with van der Waals surface area (Å²) in [5, 5.41) is 14.7. The van der Waals surface area contributed by atoms with Crippen LogP contribution < -0.4 is 0 Å². The Morgan fingerprint density at radius 1 is 0.303 bits per heavy atom. The molecule has 0 atom stereocenters. The predicted molar refractivity (Wildman–Crippen MR) is 302 cm³/mol. The molecular formula is C66H40N10. The Morgan fingerprint density at radius 2 is 0.684 bits per heavy atom. The van der Waals surface area contributed by atoms with Crippen LogP contribution >= 0.6 is 0 Å². The summed E-state index contributed by atoms with van der Waals surface area (Å²) < 4.78 is 4.58. The zero-order chi connectivity index (χ0) is 50.5. The lowest BCUT2D eigenvalue weighted by molar-refractivity contribution is 1.07. The van der Waals surface area contributed by atoms with E-state index in [1.54, 1.807) is 0 Å². The van der Waals surface area contributed by atoms with Crippen molar-refractivity contribution in [2.75, 3.05) is 0 Å². The van der Waals surface area contributed by atoms with Crippen LogP contribution in [-0.4, -0.2) is 44.0 Å². The average Bonchev–Trinajstić information content (AvgIpc) is 4.10. The Balaban J connectivity index is 0.934. The maximum atomic E-state index is 10.5. The van der Waals surface area contributed by atoms with Crippen molar-refractivity contribution >= 4 is 43.6 Å². The summed E-state index contributed by atoms with van der Waals surface area (Å²) in [6.45, 7) is 0. The van der Waals surface area contributed by atoms with Crippen molar-refractivity contribution in [3.63, 3.8) is 0 Å². The molecule has 5 aromatic heterocycles. The fourth-order valence-corrected chi connectivity index (χ4v) is 10.4. The molecule has 0 aliphatic carbocycles. The molecule has 14 aromatic rings. The van der Waals surface area contributed by atoms with Gasteiger partial charge in [0.05, 0.1) is 45.1 Å². The van der Waals surface area contributed by atoms with Gasteiger partial charge in [0.2, 0.25) is 0 Å². The molecule has 9 aromatic carbocycles. The van der Waals surface area contributed by atoms with Gasteiger partial charge in [0.1, 0.15) is 0 Å². The summed E-state index contributed by atoms with van der Waals surface area (Å²) in [5.41, 5.74) is 13.4. The molecular weight excluding hydrogens is 933 g/mol. The molecule has 0 aliphatic rings. The SMILES string of the molecule is N#Cc1ccc(-c2cnccc2-n2c3ccccc3c3cc(-c4nc(-c5ccccc5)nc(-c5ccccc5)n4)ccc32)c(-n2c3ccccc3c3cc(-c4nc(-c5ccccc5)nc(-c5ccccc5)n4)ccc32)c1. The van der Waals surface area contributed by atoms with Gasteiger partial charge in [-0.05, 0) is 66.7 Å². The van der Waals surface area contributed by atoms with E-state index in [9.17, 15) is 5.26 Å². The molecule has 76 heavy (non-hydrogen) atoms. The molecule has 0 bridgehead atoms. The van der Waals surface area contributed by atoms with Gasteiger partial charge >= 0.3 is 0 Å².